The largest absolute Gasteiger partial charge is 0.486 e. The monoisotopic (exact) mass is 323 g/mol. The third-order valence-electron chi connectivity index (χ3n) is 2.69. The van der Waals surface area contributed by atoms with Crippen LogP contribution in [0.2, 0.25) is 0 Å². The lowest BCUT2D eigenvalue weighted by molar-refractivity contribution is 0.295. The van der Waals surface area contributed by atoms with Crippen molar-refractivity contribution < 1.29 is 13.2 Å². The summed E-state index contributed by atoms with van der Waals surface area (Å²) >= 11 is 0. The fraction of sp³-hybridized carbons (Fsp3) is 0.308. The minimum Gasteiger partial charge on any atom is -0.486 e. The van der Waals surface area contributed by atoms with Gasteiger partial charge in [0.1, 0.15) is 12.4 Å². The maximum absolute atomic E-state index is 11.5. The predicted octanol–water partition coefficient (Wildman–Crippen LogP) is 0.502. The normalized spacial score (nSPS) is 11.2. The molecule has 0 saturated carbocycles. The van der Waals surface area contributed by atoms with Crippen LogP contribution in [0.15, 0.2) is 29.2 Å². The van der Waals surface area contributed by atoms with Gasteiger partial charge in [0.2, 0.25) is 11.9 Å². The Morgan fingerprint density at radius 2 is 1.95 bits per heavy atom. The second kappa shape index (κ2) is 6.14. The standard InChI is InChI=1S/C13H17N5O3S/c1-18(2)13-16-11(15-12(14)17-13)8-21-9-5-4-6-10(7-9)22(3,19)20/h4-7H,8H2,1-3H3,(H2,14,15,16,17). The van der Waals surface area contributed by atoms with Crippen LogP contribution in [0, 0.1) is 0 Å². The molecule has 0 fully saturated rings. The first kappa shape index (κ1) is 16.0. The third-order valence-corrected chi connectivity index (χ3v) is 3.80. The zero-order chi connectivity index (χ0) is 16.3. The van der Waals surface area contributed by atoms with Crippen molar-refractivity contribution in [3.8, 4) is 5.75 Å². The molecule has 0 aliphatic heterocycles. The number of ether oxygens (including phenoxy) is 1. The highest BCUT2D eigenvalue weighted by Crippen LogP contribution is 2.18. The molecule has 0 aliphatic carbocycles. The van der Waals surface area contributed by atoms with E-state index >= 15 is 0 Å². The number of aromatic nitrogens is 3. The molecule has 0 spiro atoms. The van der Waals surface area contributed by atoms with Gasteiger partial charge in [0.25, 0.3) is 0 Å². The lowest BCUT2D eigenvalue weighted by Gasteiger charge is -2.12. The molecule has 9 heteroatoms. The first-order valence-corrected chi connectivity index (χ1v) is 8.25. The van der Waals surface area contributed by atoms with Gasteiger partial charge < -0.3 is 15.4 Å². The minimum atomic E-state index is -3.28. The van der Waals surface area contributed by atoms with Crippen molar-refractivity contribution in [3.63, 3.8) is 0 Å². The van der Waals surface area contributed by atoms with Crippen molar-refractivity contribution in [2.75, 3.05) is 31.0 Å². The Morgan fingerprint density at radius 3 is 2.59 bits per heavy atom. The van der Waals surface area contributed by atoms with Crippen LogP contribution >= 0.6 is 0 Å². The molecule has 0 saturated heterocycles. The van der Waals surface area contributed by atoms with Crippen molar-refractivity contribution in [1.82, 2.24) is 15.0 Å². The molecule has 2 aromatic rings. The Labute approximate surface area is 128 Å². The molecule has 0 aliphatic rings. The van der Waals surface area contributed by atoms with Gasteiger partial charge in [0.05, 0.1) is 4.90 Å². The second-order valence-corrected chi connectivity index (χ2v) is 6.86. The SMILES string of the molecule is CN(C)c1nc(N)nc(COc2cccc(S(C)(=O)=O)c2)n1. The summed E-state index contributed by atoms with van der Waals surface area (Å²) in [6, 6.07) is 6.23. The van der Waals surface area contributed by atoms with E-state index in [0.717, 1.165) is 6.26 Å². The van der Waals surface area contributed by atoms with Crippen molar-refractivity contribution >= 4 is 21.7 Å². The summed E-state index contributed by atoms with van der Waals surface area (Å²) in [5, 5.41) is 0. The molecule has 1 aromatic carbocycles. The molecule has 1 heterocycles. The van der Waals surface area contributed by atoms with Gasteiger partial charge in [-0.15, -0.1) is 0 Å². The van der Waals surface area contributed by atoms with Crippen LogP contribution in [0.4, 0.5) is 11.9 Å². The highest BCUT2D eigenvalue weighted by molar-refractivity contribution is 7.90. The number of rotatable bonds is 5. The van der Waals surface area contributed by atoms with Crippen molar-refractivity contribution in [3.05, 3.63) is 30.1 Å². The number of hydrogen-bond acceptors (Lipinski definition) is 8. The highest BCUT2D eigenvalue weighted by atomic mass is 32.2. The molecule has 118 valence electrons. The molecule has 22 heavy (non-hydrogen) atoms. The zero-order valence-corrected chi connectivity index (χ0v) is 13.3. The Bertz CT molecular complexity index is 777. The van der Waals surface area contributed by atoms with Gasteiger partial charge in [-0.1, -0.05) is 6.07 Å². The van der Waals surface area contributed by atoms with E-state index in [1.165, 1.54) is 12.1 Å². The van der Waals surface area contributed by atoms with Crippen LogP contribution in [0.25, 0.3) is 0 Å². The van der Waals surface area contributed by atoms with Gasteiger partial charge in [-0.25, -0.2) is 8.42 Å². The van der Waals surface area contributed by atoms with E-state index in [-0.39, 0.29) is 17.5 Å². The number of hydrogen-bond donors (Lipinski definition) is 1. The van der Waals surface area contributed by atoms with Crippen molar-refractivity contribution in [2.45, 2.75) is 11.5 Å². The fourth-order valence-corrected chi connectivity index (χ4v) is 2.29. The maximum atomic E-state index is 11.5. The highest BCUT2D eigenvalue weighted by Gasteiger charge is 2.10. The van der Waals surface area contributed by atoms with Crippen molar-refractivity contribution in [1.29, 1.82) is 0 Å². The Morgan fingerprint density at radius 1 is 1.23 bits per heavy atom. The van der Waals surface area contributed by atoms with Crippen LogP contribution in [0.5, 0.6) is 5.75 Å². The van der Waals surface area contributed by atoms with Gasteiger partial charge in [-0.05, 0) is 18.2 Å². The lowest BCUT2D eigenvalue weighted by Crippen LogP contribution is -2.16. The molecule has 1 aromatic heterocycles. The molecule has 0 unspecified atom stereocenters. The summed E-state index contributed by atoms with van der Waals surface area (Å²) in [5.41, 5.74) is 5.62. The van der Waals surface area contributed by atoms with Crippen molar-refractivity contribution in [2.24, 2.45) is 0 Å². The van der Waals surface area contributed by atoms with Gasteiger partial charge in [-0.3, -0.25) is 0 Å². The van der Waals surface area contributed by atoms with E-state index in [9.17, 15) is 8.42 Å². The Kier molecular flexibility index (Phi) is 4.45. The van der Waals surface area contributed by atoms with E-state index in [0.29, 0.717) is 17.5 Å². The molecule has 0 atom stereocenters. The summed E-state index contributed by atoms with van der Waals surface area (Å²) in [5.74, 6) is 1.30. The van der Waals surface area contributed by atoms with Crippen LogP contribution in [0.3, 0.4) is 0 Å². The molecule has 0 bridgehead atoms. The smallest absolute Gasteiger partial charge is 0.230 e. The first-order chi connectivity index (χ1) is 10.3. The summed E-state index contributed by atoms with van der Waals surface area (Å²) in [6.07, 6.45) is 1.14. The first-order valence-electron chi connectivity index (χ1n) is 6.36. The van der Waals surface area contributed by atoms with Crippen LogP contribution in [-0.4, -0.2) is 43.7 Å². The van der Waals surface area contributed by atoms with E-state index in [4.69, 9.17) is 10.5 Å². The van der Waals surface area contributed by atoms with Crippen LogP contribution in [-0.2, 0) is 16.4 Å². The third kappa shape index (κ3) is 4.04. The minimum absolute atomic E-state index is 0.0563. The summed E-state index contributed by atoms with van der Waals surface area (Å²) < 4.78 is 28.6. The zero-order valence-electron chi connectivity index (χ0n) is 12.5. The van der Waals surface area contributed by atoms with Gasteiger partial charge in [0, 0.05) is 20.4 Å². The molecule has 0 amide bonds. The number of nitrogen functional groups attached to an aromatic ring is 1. The maximum Gasteiger partial charge on any atom is 0.230 e. The summed E-state index contributed by atoms with van der Waals surface area (Å²) in [6.45, 7) is 0.0563. The average molecular weight is 323 g/mol. The lowest BCUT2D eigenvalue weighted by atomic mass is 10.3. The predicted molar refractivity (Wildman–Crippen MR) is 82.5 cm³/mol. The second-order valence-electron chi connectivity index (χ2n) is 4.84. The molecular formula is C13H17N5O3S. The fourth-order valence-electron chi connectivity index (χ4n) is 1.63. The Balaban J connectivity index is 2.17. The molecule has 2 rings (SSSR count). The van der Waals surface area contributed by atoms with E-state index in [1.807, 2.05) is 0 Å². The number of anilines is 2. The molecule has 8 nitrogen and oxygen atoms in total. The van der Waals surface area contributed by atoms with Crippen LogP contribution < -0.4 is 15.4 Å². The number of benzene rings is 1. The number of sulfone groups is 1. The quantitative estimate of drug-likeness (QED) is 0.847. The van der Waals surface area contributed by atoms with Gasteiger partial charge in [-0.2, -0.15) is 15.0 Å². The Hall–Kier alpha value is -2.42. The molecular weight excluding hydrogens is 306 g/mol. The van der Waals surface area contributed by atoms with Gasteiger partial charge in [0.15, 0.2) is 15.7 Å². The topological polar surface area (TPSA) is 111 Å². The van der Waals surface area contributed by atoms with E-state index in [2.05, 4.69) is 15.0 Å². The average Bonchev–Trinajstić information content (AvgIpc) is 2.44. The summed E-state index contributed by atoms with van der Waals surface area (Å²) in [7, 11) is 0.293. The molecule has 2 N–H and O–H groups in total. The number of nitrogens with two attached hydrogens (primary N) is 1. The van der Waals surface area contributed by atoms with Gasteiger partial charge >= 0.3 is 0 Å². The summed E-state index contributed by atoms with van der Waals surface area (Å²) in [4.78, 5) is 14.1. The van der Waals surface area contributed by atoms with E-state index < -0.39 is 9.84 Å². The number of nitrogens with zero attached hydrogens (tertiary/aromatic N) is 4. The van der Waals surface area contributed by atoms with E-state index in [1.54, 1.807) is 31.1 Å². The van der Waals surface area contributed by atoms with Crippen LogP contribution in [0.1, 0.15) is 5.82 Å². The molecule has 0 radical (unpaired) electrons.